The van der Waals surface area contributed by atoms with Crippen LogP contribution in [0.15, 0.2) is 47.4 Å². The van der Waals surface area contributed by atoms with Crippen molar-refractivity contribution >= 4 is 29.0 Å². The highest BCUT2D eigenvalue weighted by molar-refractivity contribution is 7.98. The van der Waals surface area contributed by atoms with E-state index in [2.05, 4.69) is 5.32 Å². The number of benzene rings is 2. The van der Waals surface area contributed by atoms with Crippen LogP contribution in [0.1, 0.15) is 10.4 Å². The first-order chi connectivity index (χ1) is 9.63. The van der Waals surface area contributed by atoms with Gasteiger partial charge in [0.15, 0.2) is 0 Å². The van der Waals surface area contributed by atoms with Crippen LogP contribution in [0, 0.1) is 0 Å². The maximum Gasteiger partial charge on any atom is 0.255 e. The second-order valence-electron chi connectivity index (χ2n) is 4.14. The molecule has 2 rings (SSSR count). The van der Waals surface area contributed by atoms with E-state index in [1.54, 1.807) is 49.2 Å². The van der Waals surface area contributed by atoms with Crippen molar-refractivity contribution in [3.05, 3.63) is 48.0 Å². The van der Waals surface area contributed by atoms with Crippen molar-refractivity contribution in [3.63, 3.8) is 0 Å². The summed E-state index contributed by atoms with van der Waals surface area (Å²) < 4.78 is 5.12. The lowest BCUT2D eigenvalue weighted by atomic mass is 10.2. The number of amides is 1. The summed E-state index contributed by atoms with van der Waals surface area (Å²) in [5.41, 5.74) is 7.53. The Bertz CT molecular complexity index is 612. The van der Waals surface area contributed by atoms with Crippen molar-refractivity contribution in [2.24, 2.45) is 0 Å². The smallest absolute Gasteiger partial charge is 0.255 e. The zero-order chi connectivity index (χ0) is 14.5. The van der Waals surface area contributed by atoms with E-state index < -0.39 is 0 Å². The normalized spacial score (nSPS) is 10.1. The van der Waals surface area contributed by atoms with Gasteiger partial charge in [-0.15, -0.1) is 11.8 Å². The van der Waals surface area contributed by atoms with E-state index >= 15 is 0 Å². The first kappa shape index (κ1) is 14.3. The molecule has 0 saturated carbocycles. The first-order valence-electron chi connectivity index (χ1n) is 6.03. The molecule has 5 heteroatoms. The molecule has 2 aromatic rings. The quantitative estimate of drug-likeness (QED) is 0.669. The second kappa shape index (κ2) is 6.34. The minimum atomic E-state index is -0.163. The fourth-order valence-corrected chi connectivity index (χ4v) is 2.14. The van der Waals surface area contributed by atoms with Crippen LogP contribution >= 0.6 is 11.8 Å². The zero-order valence-electron chi connectivity index (χ0n) is 11.3. The number of thioether (sulfide) groups is 1. The molecule has 0 aliphatic heterocycles. The molecule has 0 atom stereocenters. The predicted molar refractivity (Wildman–Crippen MR) is 83.6 cm³/mol. The summed E-state index contributed by atoms with van der Waals surface area (Å²) in [4.78, 5) is 13.2. The van der Waals surface area contributed by atoms with Gasteiger partial charge >= 0.3 is 0 Å². The molecule has 1 amide bonds. The highest BCUT2D eigenvalue weighted by Crippen LogP contribution is 2.25. The molecule has 20 heavy (non-hydrogen) atoms. The van der Waals surface area contributed by atoms with Gasteiger partial charge in [-0.1, -0.05) is 0 Å². The van der Waals surface area contributed by atoms with Crippen molar-refractivity contribution in [2.45, 2.75) is 4.90 Å². The van der Waals surface area contributed by atoms with Gasteiger partial charge in [-0.2, -0.15) is 0 Å². The van der Waals surface area contributed by atoms with Crippen LogP contribution in [0.5, 0.6) is 5.75 Å². The van der Waals surface area contributed by atoms with E-state index in [-0.39, 0.29) is 5.91 Å². The Kier molecular flexibility index (Phi) is 4.53. The molecule has 104 valence electrons. The average Bonchev–Trinajstić information content (AvgIpc) is 2.49. The van der Waals surface area contributed by atoms with Crippen molar-refractivity contribution in [1.29, 1.82) is 0 Å². The molecule has 3 N–H and O–H groups in total. The first-order valence-corrected chi connectivity index (χ1v) is 7.25. The number of methoxy groups -OCH3 is 1. The Morgan fingerprint density at radius 3 is 2.50 bits per heavy atom. The molecule has 2 aromatic carbocycles. The summed E-state index contributed by atoms with van der Waals surface area (Å²) in [5.74, 6) is 0.380. The third-order valence-electron chi connectivity index (χ3n) is 2.84. The van der Waals surface area contributed by atoms with Crippen LogP contribution in [0.25, 0.3) is 0 Å². The zero-order valence-corrected chi connectivity index (χ0v) is 12.2. The molecule has 4 nitrogen and oxygen atoms in total. The average molecular weight is 288 g/mol. The van der Waals surface area contributed by atoms with E-state index in [4.69, 9.17) is 10.5 Å². The summed E-state index contributed by atoms with van der Waals surface area (Å²) in [6, 6.07) is 12.6. The second-order valence-corrected chi connectivity index (χ2v) is 5.02. The van der Waals surface area contributed by atoms with Gasteiger partial charge in [0.1, 0.15) is 5.75 Å². The Balaban J connectivity index is 2.14. The lowest BCUT2D eigenvalue weighted by Gasteiger charge is -2.09. The topological polar surface area (TPSA) is 64.3 Å². The molecule has 0 unspecified atom stereocenters. The molecular formula is C15H16N2O2S. The molecule has 0 radical (unpaired) electrons. The fraction of sp³-hybridized carbons (Fsp3) is 0.133. The number of hydrogen-bond donors (Lipinski definition) is 2. The van der Waals surface area contributed by atoms with E-state index in [0.29, 0.717) is 22.7 Å². The number of nitrogens with two attached hydrogens (primary N) is 1. The molecule has 0 aliphatic carbocycles. The standard InChI is InChI=1S/C15H16N2O2S/c1-19-14-9-11(5-8-13(14)16)17-15(18)10-3-6-12(20-2)7-4-10/h3-9H,16H2,1-2H3,(H,17,18). The monoisotopic (exact) mass is 288 g/mol. The number of hydrogen-bond acceptors (Lipinski definition) is 4. The van der Waals surface area contributed by atoms with Gasteiger partial charge in [-0.25, -0.2) is 0 Å². The minimum absolute atomic E-state index is 0.163. The van der Waals surface area contributed by atoms with Gasteiger partial charge in [-0.3, -0.25) is 4.79 Å². The molecule has 0 saturated heterocycles. The Morgan fingerprint density at radius 2 is 1.90 bits per heavy atom. The lowest BCUT2D eigenvalue weighted by molar-refractivity contribution is 0.102. The Labute approximate surface area is 122 Å². The van der Waals surface area contributed by atoms with Crippen LogP contribution < -0.4 is 15.8 Å². The Morgan fingerprint density at radius 1 is 1.20 bits per heavy atom. The molecule has 0 heterocycles. The number of carbonyl (C=O) groups is 1. The van der Waals surface area contributed by atoms with Crippen LogP contribution in [0.3, 0.4) is 0 Å². The maximum atomic E-state index is 12.1. The van der Waals surface area contributed by atoms with Gasteiger partial charge < -0.3 is 15.8 Å². The predicted octanol–water partition coefficient (Wildman–Crippen LogP) is 3.25. The fourth-order valence-electron chi connectivity index (χ4n) is 1.73. The van der Waals surface area contributed by atoms with Crippen molar-refractivity contribution < 1.29 is 9.53 Å². The van der Waals surface area contributed by atoms with Crippen molar-refractivity contribution in [1.82, 2.24) is 0 Å². The molecular weight excluding hydrogens is 272 g/mol. The van der Waals surface area contributed by atoms with Crippen LogP contribution in [-0.2, 0) is 0 Å². The van der Waals surface area contributed by atoms with E-state index in [1.165, 1.54) is 0 Å². The summed E-state index contributed by atoms with van der Waals surface area (Å²) in [6.45, 7) is 0. The van der Waals surface area contributed by atoms with E-state index in [9.17, 15) is 4.79 Å². The van der Waals surface area contributed by atoms with Gasteiger partial charge in [0, 0.05) is 22.2 Å². The van der Waals surface area contributed by atoms with Gasteiger partial charge in [0.2, 0.25) is 0 Å². The van der Waals surface area contributed by atoms with Gasteiger partial charge in [-0.05, 0) is 42.7 Å². The maximum absolute atomic E-state index is 12.1. The lowest BCUT2D eigenvalue weighted by Crippen LogP contribution is -2.11. The molecule has 0 aliphatic rings. The number of nitrogens with one attached hydrogen (secondary N) is 1. The summed E-state index contributed by atoms with van der Waals surface area (Å²) >= 11 is 1.64. The highest BCUT2D eigenvalue weighted by atomic mass is 32.2. The number of rotatable bonds is 4. The summed E-state index contributed by atoms with van der Waals surface area (Å²) in [7, 11) is 1.54. The van der Waals surface area contributed by atoms with Crippen molar-refractivity contribution in [3.8, 4) is 5.75 Å². The van der Waals surface area contributed by atoms with E-state index in [0.717, 1.165) is 4.90 Å². The van der Waals surface area contributed by atoms with Crippen LogP contribution in [0.4, 0.5) is 11.4 Å². The SMILES string of the molecule is COc1cc(NC(=O)c2ccc(SC)cc2)ccc1N. The molecule has 0 fully saturated rings. The van der Waals surface area contributed by atoms with Gasteiger partial charge in [0.05, 0.1) is 12.8 Å². The summed E-state index contributed by atoms with van der Waals surface area (Å²) in [5, 5.41) is 2.82. The highest BCUT2D eigenvalue weighted by Gasteiger charge is 2.07. The van der Waals surface area contributed by atoms with Gasteiger partial charge in [0.25, 0.3) is 5.91 Å². The number of anilines is 2. The molecule has 0 spiro atoms. The van der Waals surface area contributed by atoms with Crippen LogP contribution in [-0.4, -0.2) is 19.3 Å². The minimum Gasteiger partial charge on any atom is -0.495 e. The third-order valence-corrected chi connectivity index (χ3v) is 3.59. The molecule has 0 aromatic heterocycles. The molecule has 0 bridgehead atoms. The van der Waals surface area contributed by atoms with E-state index in [1.807, 2.05) is 18.4 Å². The Hall–Kier alpha value is -2.14. The number of carbonyl (C=O) groups excluding carboxylic acids is 1. The third kappa shape index (κ3) is 3.24. The number of ether oxygens (including phenoxy) is 1. The number of nitrogen functional groups attached to an aromatic ring is 1. The summed E-state index contributed by atoms with van der Waals surface area (Å²) in [6.07, 6.45) is 2.00. The van der Waals surface area contributed by atoms with Crippen LogP contribution in [0.2, 0.25) is 0 Å². The van der Waals surface area contributed by atoms with Crippen molar-refractivity contribution in [2.75, 3.05) is 24.4 Å². The largest absolute Gasteiger partial charge is 0.495 e.